The first-order valence-electron chi connectivity index (χ1n) is 5.28. The predicted molar refractivity (Wildman–Crippen MR) is 53.4 cm³/mol. The summed E-state index contributed by atoms with van der Waals surface area (Å²) < 4.78 is 15.0. The quantitative estimate of drug-likeness (QED) is 0.400. The summed E-state index contributed by atoms with van der Waals surface area (Å²) in [6, 6.07) is 0. The SMILES string of the molecule is C=CC(=O)OC1CCC2CC1(OC=O)OC2=O. The van der Waals surface area contributed by atoms with Crippen molar-refractivity contribution in [1.29, 1.82) is 0 Å². The smallest absolute Gasteiger partial charge is 0.330 e. The molecule has 3 unspecified atom stereocenters. The van der Waals surface area contributed by atoms with E-state index in [0.29, 0.717) is 12.8 Å². The summed E-state index contributed by atoms with van der Waals surface area (Å²) in [5.41, 5.74) is 0. The van der Waals surface area contributed by atoms with Gasteiger partial charge in [0.15, 0.2) is 6.10 Å². The highest BCUT2D eigenvalue weighted by Gasteiger charge is 2.59. The minimum atomic E-state index is -1.44. The van der Waals surface area contributed by atoms with Crippen LogP contribution in [0.1, 0.15) is 19.3 Å². The van der Waals surface area contributed by atoms with Gasteiger partial charge >= 0.3 is 11.9 Å². The molecule has 2 aliphatic rings. The van der Waals surface area contributed by atoms with Crippen LogP contribution in [0.5, 0.6) is 0 Å². The Kier molecular flexibility index (Phi) is 2.87. The fourth-order valence-electron chi connectivity index (χ4n) is 2.28. The Labute approximate surface area is 97.5 Å². The van der Waals surface area contributed by atoms with E-state index in [0.717, 1.165) is 6.08 Å². The number of esters is 2. The van der Waals surface area contributed by atoms with E-state index in [1.807, 2.05) is 0 Å². The van der Waals surface area contributed by atoms with Gasteiger partial charge in [-0.15, -0.1) is 0 Å². The number of rotatable bonds is 4. The molecular formula is C11H12O6. The van der Waals surface area contributed by atoms with Crippen LogP contribution in [0.15, 0.2) is 12.7 Å². The van der Waals surface area contributed by atoms with Crippen molar-refractivity contribution < 1.29 is 28.6 Å². The number of fused-ring (bicyclic) bond motifs is 2. The average molecular weight is 240 g/mol. The number of ether oxygens (including phenoxy) is 3. The monoisotopic (exact) mass is 240 g/mol. The van der Waals surface area contributed by atoms with Crippen molar-refractivity contribution in [2.24, 2.45) is 5.92 Å². The lowest BCUT2D eigenvalue weighted by molar-refractivity contribution is -0.246. The second-order valence-electron chi connectivity index (χ2n) is 4.06. The van der Waals surface area contributed by atoms with Crippen LogP contribution in [-0.4, -0.2) is 30.3 Å². The summed E-state index contributed by atoms with van der Waals surface area (Å²) in [5.74, 6) is -2.77. The summed E-state index contributed by atoms with van der Waals surface area (Å²) in [7, 11) is 0. The zero-order chi connectivity index (χ0) is 12.5. The third kappa shape index (κ3) is 1.90. The molecule has 0 N–H and O–H groups in total. The molecule has 92 valence electrons. The van der Waals surface area contributed by atoms with Gasteiger partial charge in [-0.1, -0.05) is 6.58 Å². The predicted octanol–water partition coefficient (Wildman–Crippen LogP) is 0.310. The zero-order valence-electron chi connectivity index (χ0n) is 9.09. The highest BCUT2D eigenvalue weighted by atomic mass is 16.8. The average Bonchev–Trinajstić information content (AvgIpc) is 2.56. The van der Waals surface area contributed by atoms with Crippen molar-refractivity contribution in [1.82, 2.24) is 0 Å². The fraction of sp³-hybridized carbons (Fsp3) is 0.545. The van der Waals surface area contributed by atoms with Crippen LogP contribution in [0.25, 0.3) is 0 Å². The van der Waals surface area contributed by atoms with Crippen LogP contribution >= 0.6 is 0 Å². The lowest BCUT2D eigenvalue weighted by Gasteiger charge is -2.34. The Bertz CT molecular complexity index is 376. The summed E-state index contributed by atoms with van der Waals surface area (Å²) in [4.78, 5) is 33.1. The lowest BCUT2D eigenvalue weighted by atomic mass is 9.85. The van der Waals surface area contributed by atoms with Gasteiger partial charge in [0.25, 0.3) is 12.3 Å². The number of carbonyl (C=O) groups excluding carboxylic acids is 3. The van der Waals surface area contributed by atoms with Crippen LogP contribution in [0.4, 0.5) is 0 Å². The van der Waals surface area contributed by atoms with Gasteiger partial charge in [0.2, 0.25) is 0 Å². The lowest BCUT2D eigenvalue weighted by Crippen LogP contribution is -2.48. The van der Waals surface area contributed by atoms with Crippen LogP contribution in [0.3, 0.4) is 0 Å². The van der Waals surface area contributed by atoms with E-state index >= 15 is 0 Å². The Hall–Kier alpha value is -1.85. The number of hydrogen-bond donors (Lipinski definition) is 0. The maximum Gasteiger partial charge on any atom is 0.330 e. The van der Waals surface area contributed by atoms with Gasteiger partial charge in [0.05, 0.1) is 5.92 Å². The van der Waals surface area contributed by atoms with E-state index in [-0.39, 0.29) is 18.8 Å². The van der Waals surface area contributed by atoms with Crippen molar-refractivity contribution in [3.8, 4) is 0 Å². The number of carbonyl (C=O) groups is 3. The largest absolute Gasteiger partial charge is 0.451 e. The standard InChI is InChI=1S/C11H12O6/c1-2-9(13)16-8-4-3-7-5-11(8,15-6-12)17-10(7)14/h2,6-8H,1,3-5H2. The second-order valence-corrected chi connectivity index (χ2v) is 4.06. The molecule has 3 atom stereocenters. The molecule has 1 saturated carbocycles. The highest BCUT2D eigenvalue weighted by molar-refractivity contribution is 5.81. The Morgan fingerprint density at radius 1 is 1.53 bits per heavy atom. The summed E-state index contributed by atoms with van der Waals surface area (Å²) in [6.07, 6.45) is 1.46. The minimum Gasteiger partial charge on any atom is -0.451 e. The summed E-state index contributed by atoms with van der Waals surface area (Å²) in [6.45, 7) is 3.48. The molecule has 0 aromatic carbocycles. The van der Waals surface area contributed by atoms with E-state index in [1.165, 1.54) is 0 Å². The summed E-state index contributed by atoms with van der Waals surface area (Å²) >= 11 is 0. The molecule has 17 heavy (non-hydrogen) atoms. The van der Waals surface area contributed by atoms with E-state index in [1.54, 1.807) is 0 Å². The van der Waals surface area contributed by atoms with Crippen LogP contribution in [-0.2, 0) is 28.6 Å². The van der Waals surface area contributed by atoms with Crippen LogP contribution < -0.4 is 0 Å². The van der Waals surface area contributed by atoms with Crippen LogP contribution in [0.2, 0.25) is 0 Å². The molecule has 1 aliphatic carbocycles. The topological polar surface area (TPSA) is 78.9 Å². The third-order valence-corrected chi connectivity index (χ3v) is 3.08. The summed E-state index contributed by atoms with van der Waals surface area (Å²) in [5, 5.41) is 0. The molecule has 1 aliphatic heterocycles. The van der Waals surface area contributed by atoms with E-state index in [9.17, 15) is 14.4 Å². The van der Waals surface area contributed by atoms with Gasteiger partial charge in [0.1, 0.15) is 0 Å². The van der Waals surface area contributed by atoms with Gasteiger partial charge in [-0.2, -0.15) is 0 Å². The van der Waals surface area contributed by atoms with Crippen molar-refractivity contribution in [3.63, 3.8) is 0 Å². The number of hydrogen-bond acceptors (Lipinski definition) is 6. The fourth-order valence-corrected chi connectivity index (χ4v) is 2.28. The first-order valence-corrected chi connectivity index (χ1v) is 5.28. The molecule has 0 aromatic heterocycles. The van der Waals surface area contributed by atoms with Crippen molar-refractivity contribution >= 4 is 18.4 Å². The molecule has 2 bridgehead atoms. The minimum absolute atomic E-state index is 0.204. The van der Waals surface area contributed by atoms with Gasteiger partial charge in [-0.3, -0.25) is 9.59 Å². The third-order valence-electron chi connectivity index (χ3n) is 3.08. The Morgan fingerprint density at radius 2 is 2.29 bits per heavy atom. The van der Waals surface area contributed by atoms with E-state index < -0.39 is 23.8 Å². The molecule has 1 heterocycles. The molecule has 0 amide bonds. The second kappa shape index (κ2) is 4.20. The maximum atomic E-state index is 11.5. The van der Waals surface area contributed by atoms with Gasteiger partial charge in [-0.05, 0) is 12.8 Å². The van der Waals surface area contributed by atoms with Crippen molar-refractivity contribution in [2.45, 2.75) is 31.2 Å². The van der Waals surface area contributed by atoms with Gasteiger partial charge in [-0.25, -0.2) is 4.79 Å². The van der Waals surface area contributed by atoms with E-state index in [4.69, 9.17) is 14.2 Å². The molecular weight excluding hydrogens is 228 g/mol. The van der Waals surface area contributed by atoms with Crippen LogP contribution in [0, 0.1) is 5.92 Å². The van der Waals surface area contributed by atoms with Crippen molar-refractivity contribution in [2.75, 3.05) is 0 Å². The molecule has 6 heteroatoms. The zero-order valence-corrected chi connectivity index (χ0v) is 9.09. The molecule has 0 spiro atoms. The first kappa shape index (κ1) is 11.6. The van der Waals surface area contributed by atoms with Crippen molar-refractivity contribution in [3.05, 3.63) is 12.7 Å². The van der Waals surface area contributed by atoms with Gasteiger partial charge < -0.3 is 14.2 Å². The first-order chi connectivity index (χ1) is 8.11. The molecule has 6 nitrogen and oxygen atoms in total. The molecule has 0 aromatic rings. The molecule has 2 rings (SSSR count). The molecule has 2 fully saturated rings. The highest BCUT2D eigenvalue weighted by Crippen LogP contribution is 2.44. The van der Waals surface area contributed by atoms with Gasteiger partial charge in [0, 0.05) is 12.5 Å². The molecule has 1 saturated heterocycles. The van der Waals surface area contributed by atoms with E-state index in [2.05, 4.69) is 6.58 Å². The Balaban J connectivity index is 2.19. The Morgan fingerprint density at radius 3 is 2.94 bits per heavy atom. The maximum absolute atomic E-state index is 11.5. The molecule has 0 radical (unpaired) electrons. The normalized spacial score (nSPS) is 34.7.